The van der Waals surface area contributed by atoms with Crippen LogP contribution in [0.1, 0.15) is 19.8 Å². The number of benzene rings is 1. The summed E-state index contributed by atoms with van der Waals surface area (Å²) in [6.45, 7) is 3.72. The maximum Gasteiger partial charge on any atom is 0.321 e. The van der Waals surface area contributed by atoms with E-state index in [-0.39, 0.29) is 11.1 Å². The Morgan fingerprint density at radius 2 is 2.11 bits per heavy atom. The molecule has 1 aliphatic rings. The van der Waals surface area contributed by atoms with Gasteiger partial charge in [0.2, 0.25) is 0 Å². The predicted octanol–water partition coefficient (Wildman–Crippen LogP) is 3.74. The molecule has 3 nitrogen and oxygen atoms in total. The number of amides is 2. The van der Waals surface area contributed by atoms with Crippen LogP contribution >= 0.6 is 11.6 Å². The molecule has 98 valence electrons. The van der Waals surface area contributed by atoms with Crippen LogP contribution in [0.5, 0.6) is 0 Å². The fraction of sp³-hybridized carbons (Fsp3) is 0.462. The van der Waals surface area contributed by atoms with Crippen molar-refractivity contribution in [3.63, 3.8) is 0 Å². The molecule has 18 heavy (non-hydrogen) atoms. The number of hydrogen-bond acceptors (Lipinski definition) is 1. The van der Waals surface area contributed by atoms with Crippen molar-refractivity contribution in [1.82, 2.24) is 4.90 Å². The van der Waals surface area contributed by atoms with Crippen LogP contribution in [0, 0.1) is 11.7 Å². The van der Waals surface area contributed by atoms with Crippen LogP contribution in [0.4, 0.5) is 14.9 Å². The van der Waals surface area contributed by atoms with Crippen molar-refractivity contribution in [2.24, 2.45) is 5.92 Å². The first-order chi connectivity index (χ1) is 8.56. The third-order valence-electron chi connectivity index (χ3n) is 3.24. The van der Waals surface area contributed by atoms with Crippen molar-refractivity contribution in [1.29, 1.82) is 0 Å². The molecule has 2 rings (SSSR count). The van der Waals surface area contributed by atoms with E-state index in [2.05, 4.69) is 12.2 Å². The standard InChI is InChI=1S/C13H16ClFN2O/c1-9-4-6-17(7-5-9)13(18)16-10-2-3-12(15)11(14)8-10/h2-3,8-9H,4-7H2,1H3,(H,16,18). The Labute approximate surface area is 111 Å². The van der Waals surface area contributed by atoms with Gasteiger partial charge >= 0.3 is 6.03 Å². The minimum Gasteiger partial charge on any atom is -0.325 e. The molecule has 0 aliphatic carbocycles. The average molecular weight is 271 g/mol. The molecule has 0 spiro atoms. The lowest BCUT2D eigenvalue weighted by molar-refractivity contribution is 0.186. The molecule has 5 heteroatoms. The van der Waals surface area contributed by atoms with Gasteiger partial charge < -0.3 is 10.2 Å². The van der Waals surface area contributed by atoms with Gasteiger partial charge in [-0.25, -0.2) is 9.18 Å². The highest BCUT2D eigenvalue weighted by molar-refractivity contribution is 6.31. The predicted molar refractivity (Wildman–Crippen MR) is 70.4 cm³/mol. The number of nitrogens with zero attached hydrogens (tertiary/aromatic N) is 1. The van der Waals surface area contributed by atoms with Crippen LogP contribution in [-0.4, -0.2) is 24.0 Å². The second kappa shape index (κ2) is 5.57. The van der Waals surface area contributed by atoms with Crippen molar-refractivity contribution in [2.75, 3.05) is 18.4 Å². The minimum absolute atomic E-state index is 0.0140. The van der Waals surface area contributed by atoms with Crippen molar-refractivity contribution < 1.29 is 9.18 Å². The number of piperidine rings is 1. The smallest absolute Gasteiger partial charge is 0.321 e. The van der Waals surface area contributed by atoms with Gasteiger partial charge in [0.25, 0.3) is 0 Å². The first-order valence-corrected chi connectivity index (χ1v) is 6.45. The van der Waals surface area contributed by atoms with E-state index in [4.69, 9.17) is 11.6 Å². The molecule has 1 N–H and O–H groups in total. The molecular formula is C13H16ClFN2O. The maximum absolute atomic E-state index is 13.0. The number of rotatable bonds is 1. The van der Waals surface area contributed by atoms with Crippen LogP contribution in [0.25, 0.3) is 0 Å². The maximum atomic E-state index is 13.0. The first kappa shape index (κ1) is 13.1. The molecule has 0 unspecified atom stereocenters. The summed E-state index contributed by atoms with van der Waals surface area (Å²) in [5.41, 5.74) is 0.519. The lowest BCUT2D eigenvalue weighted by Gasteiger charge is -2.30. The van der Waals surface area contributed by atoms with E-state index in [1.807, 2.05) is 0 Å². The minimum atomic E-state index is -0.485. The molecule has 1 aromatic carbocycles. The highest BCUT2D eigenvalue weighted by atomic mass is 35.5. The summed E-state index contributed by atoms with van der Waals surface area (Å²) in [6.07, 6.45) is 2.05. The number of hydrogen-bond donors (Lipinski definition) is 1. The second-order valence-electron chi connectivity index (χ2n) is 4.73. The van der Waals surface area contributed by atoms with Gasteiger partial charge in [0.05, 0.1) is 5.02 Å². The lowest BCUT2D eigenvalue weighted by atomic mass is 10.00. The van der Waals surface area contributed by atoms with Crippen molar-refractivity contribution >= 4 is 23.3 Å². The molecule has 1 aliphatic heterocycles. The summed E-state index contributed by atoms with van der Waals surface area (Å²) in [7, 11) is 0. The monoisotopic (exact) mass is 270 g/mol. The Morgan fingerprint density at radius 3 is 2.72 bits per heavy atom. The molecule has 0 saturated carbocycles. The number of carbonyl (C=O) groups excluding carboxylic acids is 1. The average Bonchev–Trinajstić information content (AvgIpc) is 2.34. The van der Waals surface area contributed by atoms with Crippen LogP contribution in [-0.2, 0) is 0 Å². The van der Waals surface area contributed by atoms with Gasteiger partial charge in [-0.15, -0.1) is 0 Å². The summed E-state index contributed by atoms with van der Waals surface area (Å²) < 4.78 is 13.0. The Balaban J connectivity index is 1.96. The molecule has 1 fully saturated rings. The molecular weight excluding hydrogens is 255 g/mol. The SMILES string of the molecule is CC1CCN(C(=O)Nc2ccc(F)c(Cl)c2)CC1. The molecule has 0 bridgehead atoms. The molecule has 2 amide bonds. The summed E-state index contributed by atoms with van der Waals surface area (Å²) in [5, 5.41) is 2.74. The number of carbonyl (C=O) groups is 1. The van der Waals surface area contributed by atoms with Gasteiger partial charge in [0.1, 0.15) is 5.82 Å². The Morgan fingerprint density at radius 1 is 1.44 bits per heavy atom. The van der Waals surface area contributed by atoms with E-state index in [9.17, 15) is 9.18 Å². The van der Waals surface area contributed by atoms with Crippen molar-refractivity contribution in [3.05, 3.63) is 29.0 Å². The summed E-state index contributed by atoms with van der Waals surface area (Å²) in [4.78, 5) is 13.7. The Hall–Kier alpha value is -1.29. The third kappa shape index (κ3) is 3.13. The quantitative estimate of drug-likeness (QED) is 0.828. The molecule has 0 atom stereocenters. The molecule has 0 aromatic heterocycles. The van der Waals surface area contributed by atoms with Crippen LogP contribution in [0.15, 0.2) is 18.2 Å². The topological polar surface area (TPSA) is 32.3 Å². The number of likely N-dealkylation sites (tertiary alicyclic amines) is 1. The molecule has 0 radical (unpaired) electrons. The normalized spacial score (nSPS) is 16.7. The van der Waals surface area contributed by atoms with Gasteiger partial charge in [-0.2, -0.15) is 0 Å². The fourth-order valence-corrected chi connectivity index (χ4v) is 2.17. The van der Waals surface area contributed by atoms with E-state index in [1.54, 1.807) is 4.90 Å². The third-order valence-corrected chi connectivity index (χ3v) is 3.53. The van der Waals surface area contributed by atoms with Gasteiger partial charge in [0.15, 0.2) is 0 Å². The van der Waals surface area contributed by atoms with Crippen molar-refractivity contribution in [2.45, 2.75) is 19.8 Å². The molecule has 1 saturated heterocycles. The lowest BCUT2D eigenvalue weighted by Crippen LogP contribution is -2.40. The van der Waals surface area contributed by atoms with E-state index >= 15 is 0 Å². The number of anilines is 1. The van der Waals surface area contributed by atoms with E-state index in [0.29, 0.717) is 11.6 Å². The van der Waals surface area contributed by atoms with Gasteiger partial charge in [0, 0.05) is 18.8 Å². The largest absolute Gasteiger partial charge is 0.325 e. The van der Waals surface area contributed by atoms with Crippen LogP contribution in [0.3, 0.4) is 0 Å². The highest BCUT2D eigenvalue weighted by Gasteiger charge is 2.20. The first-order valence-electron chi connectivity index (χ1n) is 6.07. The Kier molecular flexibility index (Phi) is 4.07. The van der Waals surface area contributed by atoms with Crippen LogP contribution < -0.4 is 5.32 Å². The van der Waals surface area contributed by atoms with Crippen molar-refractivity contribution in [3.8, 4) is 0 Å². The number of nitrogens with one attached hydrogen (secondary N) is 1. The summed E-state index contributed by atoms with van der Waals surface area (Å²) in [5.74, 6) is 0.191. The fourth-order valence-electron chi connectivity index (χ4n) is 1.99. The number of halogens is 2. The van der Waals surface area contributed by atoms with E-state index in [0.717, 1.165) is 25.9 Å². The van der Waals surface area contributed by atoms with Gasteiger partial charge in [-0.1, -0.05) is 18.5 Å². The Bertz CT molecular complexity index is 445. The zero-order valence-corrected chi connectivity index (χ0v) is 11.0. The van der Waals surface area contributed by atoms with E-state index < -0.39 is 5.82 Å². The second-order valence-corrected chi connectivity index (χ2v) is 5.14. The molecule has 1 heterocycles. The summed E-state index contributed by atoms with van der Waals surface area (Å²) in [6, 6.07) is 4.02. The van der Waals surface area contributed by atoms with Gasteiger partial charge in [-0.05, 0) is 37.0 Å². The summed E-state index contributed by atoms with van der Waals surface area (Å²) >= 11 is 5.66. The molecule has 1 aromatic rings. The van der Waals surface area contributed by atoms with Gasteiger partial charge in [-0.3, -0.25) is 0 Å². The van der Waals surface area contributed by atoms with E-state index in [1.165, 1.54) is 18.2 Å². The highest BCUT2D eigenvalue weighted by Crippen LogP contribution is 2.21. The van der Waals surface area contributed by atoms with Crippen LogP contribution in [0.2, 0.25) is 5.02 Å². The zero-order valence-electron chi connectivity index (χ0n) is 10.2. The number of urea groups is 1. The zero-order chi connectivity index (χ0) is 13.1.